The Hall–Kier alpha value is -2.90. The van der Waals surface area contributed by atoms with Gasteiger partial charge in [0.15, 0.2) is 5.82 Å². The van der Waals surface area contributed by atoms with Gasteiger partial charge in [0.05, 0.1) is 5.56 Å². The average molecular weight is 317 g/mol. The number of pyridine rings is 1. The van der Waals surface area contributed by atoms with Crippen LogP contribution in [0.4, 0.5) is 11.6 Å². The van der Waals surface area contributed by atoms with Crippen molar-refractivity contribution in [2.45, 2.75) is 19.9 Å². The summed E-state index contributed by atoms with van der Waals surface area (Å²) in [5.74, 6) is 0.666. The summed E-state index contributed by atoms with van der Waals surface area (Å²) < 4.78 is 4.87. The SMILES string of the molecule is Cc1cc(NC(=O)[C@H](C)NC(=O)c2cccnc2N(C)C)no1. The molecule has 2 aromatic rings. The van der Waals surface area contributed by atoms with E-state index in [0.29, 0.717) is 23.0 Å². The minimum atomic E-state index is -0.741. The summed E-state index contributed by atoms with van der Waals surface area (Å²) in [5.41, 5.74) is 0.398. The number of carbonyl (C=O) groups is 2. The van der Waals surface area contributed by atoms with Crippen molar-refractivity contribution in [3.05, 3.63) is 35.7 Å². The predicted octanol–water partition coefficient (Wildman–Crippen LogP) is 1.20. The van der Waals surface area contributed by atoms with E-state index in [2.05, 4.69) is 20.8 Å². The van der Waals surface area contributed by atoms with Gasteiger partial charge in [-0.2, -0.15) is 0 Å². The lowest BCUT2D eigenvalue weighted by Crippen LogP contribution is -2.42. The van der Waals surface area contributed by atoms with E-state index in [0.717, 1.165) is 0 Å². The van der Waals surface area contributed by atoms with E-state index < -0.39 is 6.04 Å². The van der Waals surface area contributed by atoms with Gasteiger partial charge in [-0.3, -0.25) is 9.59 Å². The lowest BCUT2D eigenvalue weighted by Gasteiger charge is -2.17. The third-order valence-electron chi connectivity index (χ3n) is 3.08. The van der Waals surface area contributed by atoms with E-state index in [1.54, 1.807) is 57.2 Å². The molecule has 2 rings (SSSR count). The van der Waals surface area contributed by atoms with Crippen LogP contribution in [0, 0.1) is 6.92 Å². The van der Waals surface area contributed by atoms with Gasteiger partial charge in [0.25, 0.3) is 5.91 Å². The number of nitrogens with one attached hydrogen (secondary N) is 2. The Balaban J connectivity index is 2.03. The van der Waals surface area contributed by atoms with Crippen LogP contribution in [0.15, 0.2) is 28.9 Å². The standard InChI is InChI=1S/C15H19N5O3/c1-9-8-12(19-23-9)18-14(21)10(2)17-15(22)11-6-5-7-16-13(11)20(3)4/h5-8,10H,1-4H3,(H,17,22)(H,18,19,21)/t10-/m0/s1. The number of aryl methyl sites for hydroxylation is 1. The highest BCUT2D eigenvalue weighted by atomic mass is 16.5. The maximum Gasteiger partial charge on any atom is 0.255 e. The molecule has 0 unspecified atom stereocenters. The number of anilines is 2. The molecule has 122 valence electrons. The number of nitrogens with zero attached hydrogens (tertiary/aromatic N) is 3. The zero-order chi connectivity index (χ0) is 17.0. The van der Waals surface area contributed by atoms with Crippen LogP contribution in [0.5, 0.6) is 0 Å². The second-order valence-corrected chi connectivity index (χ2v) is 5.28. The average Bonchev–Trinajstić information content (AvgIpc) is 2.92. The molecule has 0 aliphatic rings. The van der Waals surface area contributed by atoms with Crippen LogP contribution in [0.25, 0.3) is 0 Å². The molecule has 0 radical (unpaired) electrons. The molecule has 0 aromatic carbocycles. The number of carbonyl (C=O) groups excluding carboxylic acids is 2. The number of amides is 2. The third kappa shape index (κ3) is 4.06. The molecule has 23 heavy (non-hydrogen) atoms. The van der Waals surface area contributed by atoms with Crippen LogP contribution in [0.2, 0.25) is 0 Å². The molecule has 0 aliphatic heterocycles. The van der Waals surface area contributed by atoms with Crippen LogP contribution in [-0.2, 0) is 4.79 Å². The van der Waals surface area contributed by atoms with E-state index in [1.807, 2.05) is 0 Å². The Bertz CT molecular complexity index is 711. The Kier molecular flexibility index (Phi) is 4.95. The molecule has 2 heterocycles. The van der Waals surface area contributed by atoms with Gasteiger partial charge in [0.2, 0.25) is 5.91 Å². The normalized spacial score (nSPS) is 11.7. The third-order valence-corrected chi connectivity index (χ3v) is 3.08. The summed E-state index contributed by atoms with van der Waals surface area (Å²) in [6, 6.07) is 4.18. The van der Waals surface area contributed by atoms with Gasteiger partial charge < -0.3 is 20.1 Å². The molecule has 8 nitrogen and oxygen atoms in total. The van der Waals surface area contributed by atoms with Crippen molar-refractivity contribution in [3.63, 3.8) is 0 Å². The van der Waals surface area contributed by atoms with Gasteiger partial charge in [0, 0.05) is 26.4 Å². The summed E-state index contributed by atoms with van der Waals surface area (Å²) in [7, 11) is 3.59. The molecular weight excluding hydrogens is 298 g/mol. The smallest absolute Gasteiger partial charge is 0.255 e. The second-order valence-electron chi connectivity index (χ2n) is 5.28. The lowest BCUT2D eigenvalue weighted by molar-refractivity contribution is -0.117. The molecule has 0 spiro atoms. The van der Waals surface area contributed by atoms with Gasteiger partial charge in [-0.05, 0) is 26.0 Å². The monoisotopic (exact) mass is 317 g/mol. The van der Waals surface area contributed by atoms with Gasteiger partial charge in [-0.25, -0.2) is 4.98 Å². The Morgan fingerprint density at radius 3 is 2.70 bits per heavy atom. The minimum absolute atomic E-state index is 0.309. The van der Waals surface area contributed by atoms with Gasteiger partial charge >= 0.3 is 0 Å². The van der Waals surface area contributed by atoms with Crippen molar-refractivity contribution in [1.82, 2.24) is 15.5 Å². The van der Waals surface area contributed by atoms with E-state index >= 15 is 0 Å². The van der Waals surface area contributed by atoms with Gasteiger partial charge in [-0.1, -0.05) is 5.16 Å². The first kappa shape index (κ1) is 16.5. The summed E-state index contributed by atoms with van der Waals surface area (Å²) in [5, 5.41) is 8.89. The fraction of sp³-hybridized carbons (Fsp3) is 0.333. The number of aromatic nitrogens is 2. The number of hydrogen-bond donors (Lipinski definition) is 2. The molecule has 0 saturated heterocycles. The number of rotatable bonds is 5. The molecule has 0 saturated carbocycles. The second kappa shape index (κ2) is 6.91. The van der Waals surface area contributed by atoms with Crippen LogP contribution >= 0.6 is 0 Å². The molecule has 1 atom stereocenters. The van der Waals surface area contributed by atoms with Crippen LogP contribution in [-0.4, -0.2) is 42.1 Å². The molecule has 0 aliphatic carbocycles. The van der Waals surface area contributed by atoms with Crippen molar-refractivity contribution in [3.8, 4) is 0 Å². The highest BCUT2D eigenvalue weighted by Crippen LogP contribution is 2.14. The van der Waals surface area contributed by atoms with Crippen molar-refractivity contribution in [2.24, 2.45) is 0 Å². The minimum Gasteiger partial charge on any atom is -0.362 e. The molecule has 2 N–H and O–H groups in total. The van der Waals surface area contributed by atoms with E-state index in [4.69, 9.17) is 4.52 Å². The lowest BCUT2D eigenvalue weighted by atomic mass is 10.2. The first-order valence-corrected chi connectivity index (χ1v) is 7.06. The van der Waals surface area contributed by atoms with Crippen molar-refractivity contribution >= 4 is 23.5 Å². The Morgan fingerprint density at radius 2 is 2.09 bits per heavy atom. The largest absolute Gasteiger partial charge is 0.362 e. The zero-order valence-corrected chi connectivity index (χ0v) is 13.5. The van der Waals surface area contributed by atoms with E-state index in [9.17, 15) is 9.59 Å². The summed E-state index contributed by atoms with van der Waals surface area (Å²) in [4.78, 5) is 30.3. The maximum atomic E-state index is 12.3. The first-order valence-electron chi connectivity index (χ1n) is 7.06. The highest BCUT2D eigenvalue weighted by molar-refractivity contribution is 6.03. The highest BCUT2D eigenvalue weighted by Gasteiger charge is 2.20. The maximum absolute atomic E-state index is 12.3. The number of hydrogen-bond acceptors (Lipinski definition) is 6. The fourth-order valence-corrected chi connectivity index (χ4v) is 1.93. The Morgan fingerprint density at radius 1 is 1.35 bits per heavy atom. The van der Waals surface area contributed by atoms with Crippen LogP contribution in [0.3, 0.4) is 0 Å². The topological polar surface area (TPSA) is 100 Å². The summed E-state index contributed by atoms with van der Waals surface area (Å²) >= 11 is 0. The van der Waals surface area contributed by atoms with Crippen molar-refractivity contribution in [2.75, 3.05) is 24.3 Å². The van der Waals surface area contributed by atoms with Crippen LogP contribution in [0.1, 0.15) is 23.0 Å². The molecule has 2 amide bonds. The predicted molar refractivity (Wildman–Crippen MR) is 85.4 cm³/mol. The quantitative estimate of drug-likeness (QED) is 0.859. The van der Waals surface area contributed by atoms with Crippen molar-refractivity contribution < 1.29 is 14.1 Å². The molecule has 8 heteroatoms. The Labute approximate surface area is 133 Å². The molecular formula is C15H19N5O3. The van der Waals surface area contributed by atoms with E-state index in [1.165, 1.54) is 0 Å². The van der Waals surface area contributed by atoms with Gasteiger partial charge in [-0.15, -0.1) is 0 Å². The summed E-state index contributed by atoms with van der Waals surface area (Å²) in [6.07, 6.45) is 1.61. The first-order chi connectivity index (χ1) is 10.9. The van der Waals surface area contributed by atoms with Gasteiger partial charge in [0.1, 0.15) is 17.6 Å². The van der Waals surface area contributed by atoms with Crippen LogP contribution < -0.4 is 15.5 Å². The zero-order valence-electron chi connectivity index (χ0n) is 13.5. The molecule has 2 aromatic heterocycles. The van der Waals surface area contributed by atoms with Crippen molar-refractivity contribution in [1.29, 1.82) is 0 Å². The van der Waals surface area contributed by atoms with E-state index in [-0.39, 0.29) is 11.8 Å². The summed E-state index contributed by atoms with van der Waals surface area (Å²) in [6.45, 7) is 3.31. The molecule has 0 fully saturated rings. The fourth-order valence-electron chi connectivity index (χ4n) is 1.93. The molecule has 0 bridgehead atoms.